The maximum absolute atomic E-state index is 13.0. The fourth-order valence-electron chi connectivity index (χ4n) is 1.53. The van der Waals surface area contributed by atoms with Gasteiger partial charge in [-0.05, 0) is 58.9 Å². The van der Waals surface area contributed by atoms with E-state index in [1.165, 1.54) is 6.07 Å². The van der Waals surface area contributed by atoms with E-state index in [1.54, 1.807) is 6.07 Å². The van der Waals surface area contributed by atoms with E-state index in [2.05, 4.69) is 28.2 Å². The Bertz CT molecular complexity index is 346. The van der Waals surface area contributed by atoms with Crippen LogP contribution in [0.3, 0.4) is 0 Å². The minimum absolute atomic E-state index is 0.218. The molecular formula is C13H18BrClFN. The quantitative estimate of drug-likeness (QED) is 0.582. The lowest BCUT2D eigenvalue weighted by Gasteiger charge is -2.08. The molecule has 0 saturated carbocycles. The summed E-state index contributed by atoms with van der Waals surface area (Å²) in [5.41, 5.74) is 1.09. The van der Waals surface area contributed by atoms with Gasteiger partial charge in [-0.15, -0.1) is 11.6 Å². The summed E-state index contributed by atoms with van der Waals surface area (Å²) in [6, 6.07) is 5.09. The van der Waals surface area contributed by atoms with Gasteiger partial charge in [-0.2, -0.15) is 0 Å². The van der Waals surface area contributed by atoms with E-state index in [9.17, 15) is 4.39 Å². The third-order valence-electron chi connectivity index (χ3n) is 2.63. The summed E-state index contributed by atoms with van der Waals surface area (Å²) in [7, 11) is 0. The fourth-order valence-corrected chi connectivity index (χ4v) is 2.12. The van der Waals surface area contributed by atoms with E-state index < -0.39 is 0 Å². The van der Waals surface area contributed by atoms with Crippen LogP contribution in [-0.4, -0.2) is 12.4 Å². The zero-order valence-corrected chi connectivity index (χ0v) is 12.3. The maximum atomic E-state index is 13.0. The standard InChI is InChI=1S/C13H18BrClFN/c1-10(8-15)3-2-6-17-9-11-4-5-13(16)12(14)7-11/h4-5,7,10,17H,2-3,6,8-9H2,1H3. The Morgan fingerprint density at radius 1 is 1.47 bits per heavy atom. The van der Waals surface area contributed by atoms with Crippen molar-refractivity contribution in [2.24, 2.45) is 5.92 Å². The first-order valence-corrected chi connectivity index (χ1v) is 7.17. The van der Waals surface area contributed by atoms with Gasteiger partial charge in [0, 0.05) is 12.4 Å². The smallest absolute Gasteiger partial charge is 0.137 e. The summed E-state index contributed by atoms with van der Waals surface area (Å²) in [5.74, 6) is 1.09. The van der Waals surface area contributed by atoms with Crippen molar-refractivity contribution in [3.8, 4) is 0 Å². The highest BCUT2D eigenvalue weighted by Crippen LogP contribution is 2.16. The zero-order chi connectivity index (χ0) is 12.7. The third-order valence-corrected chi connectivity index (χ3v) is 3.76. The van der Waals surface area contributed by atoms with Crippen LogP contribution in [-0.2, 0) is 6.54 Å². The molecule has 0 aromatic heterocycles. The molecule has 0 aliphatic carbocycles. The van der Waals surface area contributed by atoms with Crippen LogP contribution in [0.4, 0.5) is 4.39 Å². The van der Waals surface area contributed by atoms with Gasteiger partial charge in [0.2, 0.25) is 0 Å². The van der Waals surface area contributed by atoms with Gasteiger partial charge in [0.15, 0.2) is 0 Å². The van der Waals surface area contributed by atoms with Crippen LogP contribution in [0, 0.1) is 11.7 Å². The van der Waals surface area contributed by atoms with Gasteiger partial charge in [-0.25, -0.2) is 4.39 Å². The molecule has 0 radical (unpaired) electrons. The Morgan fingerprint density at radius 2 is 2.24 bits per heavy atom. The molecule has 0 saturated heterocycles. The molecule has 4 heteroatoms. The van der Waals surface area contributed by atoms with E-state index >= 15 is 0 Å². The summed E-state index contributed by atoms with van der Waals surface area (Å²) in [6.45, 7) is 3.90. The highest BCUT2D eigenvalue weighted by Gasteiger charge is 2.01. The van der Waals surface area contributed by atoms with Gasteiger partial charge in [0.1, 0.15) is 5.82 Å². The molecule has 1 aromatic rings. The highest BCUT2D eigenvalue weighted by atomic mass is 79.9. The highest BCUT2D eigenvalue weighted by molar-refractivity contribution is 9.10. The molecule has 0 aliphatic heterocycles. The Hall–Kier alpha value is -0.120. The van der Waals surface area contributed by atoms with Crippen molar-refractivity contribution >= 4 is 27.5 Å². The number of benzene rings is 1. The summed E-state index contributed by atoms with van der Waals surface area (Å²) in [4.78, 5) is 0. The minimum atomic E-state index is -0.218. The molecule has 1 unspecified atom stereocenters. The zero-order valence-electron chi connectivity index (χ0n) is 9.98. The largest absolute Gasteiger partial charge is 0.313 e. The van der Waals surface area contributed by atoms with E-state index in [4.69, 9.17) is 11.6 Å². The van der Waals surface area contributed by atoms with Crippen molar-refractivity contribution in [3.05, 3.63) is 34.1 Å². The van der Waals surface area contributed by atoms with Crippen LogP contribution >= 0.6 is 27.5 Å². The molecule has 1 N–H and O–H groups in total. The van der Waals surface area contributed by atoms with Gasteiger partial charge in [0.25, 0.3) is 0 Å². The second-order valence-corrected chi connectivity index (χ2v) is 5.49. The average molecular weight is 323 g/mol. The lowest BCUT2D eigenvalue weighted by atomic mass is 10.1. The second kappa shape index (κ2) is 8.06. The van der Waals surface area contributed by atoms with Crippen molar-refractivity contribution in [1.82, 2.24) is 5.32 Å². The van der Waals surface area contributed by atoms with Crippen LogP contribution in [0.15, 0.2) is 22.7 Å². The number of hydrogen-bond acceptors (Lipinski definition) is 1. The molecule has 1 rings (SSSR count). The molecule has 0 aliphatic rings. The SMILES string of the molecule is CC(CCl)CCCNCc1ccc(F)c(Br)c1. The summed E-state index contributed by atoms with van der Waals surface area (Å²) in [6.07, 6.45) is 2.26. The summed E-state index contributed by atoms with van der Waals surface area (Å²) < 4.78 is 13.5. The molecule has 0 spiro atoms. The molecule has 0 amide bonds. The summed E-state index contributed by atoms with van der Waals surface area (Å²) >= 11 is 8.91. The minimum Gasteiger partial charge on any atom is -0.313 e. The van der Waals surface area contributed by atoms with Crippen molar-refractivity contribution in [1.29, 1.82) is 0 Å². The number of alkyl halides is 1. The van der Waals surface area contributed by atoms with Gasteiger partial charge in [-0.1, -0.05) is 13.0 Å². The lowest BCUT2D eigenvalue weighted by molar-refractivity contribution is 0.531. The second-order valence-electron chi connectivity index (χ2n) is 4.33. The number of nitrogens with one attached hydrogen (secondary N) is 1. The molecule has 1 nitrogen and oxygen atoms in total. The van der Waals surface area contributed by atoms with Gasteiger partial charge in [0.05, 0.1) is 4.47 Å². The predicted octanol–water partition coefficient (Wildman–Crippen LogP) is 4.33. The van der Waals surface area contributed by atoms with E-state index in [0.717, 1.165) is 37.4 Å². The van der Waals surface area contributed by atoms with Gasteiger partial charge < -0.3 is 5.32 Å². The number of rotatable bonds is 7. The molecule has 0 heterocycles. The first kappa shape index (κ1) is 14.9. The Labute approximate surface area is 116 Å². The normalized spacial score (nSPS) is 12.7. The lowest BCUT2D eigenvalue weighted by Crippen LogP contribution is -2.15. The molecule has 17 heavy (non-hydrogen) atoms. The van der Waals surface area contributed by atoms with Crippen LogP contribution in [0.1, 0.15) is 25.3 Å². The van der Waals surface area contributed by atoms with E-state index in [1.807, 2.05) is 6.07 Å². The first-order chi connectivity index (χ1) is 8.13. The molecule has 1 atom stereocenters. The molecular weight excluding hydrogens is 305 g/mol. The van der Waals surface area contributed by atoms with Crippen LogP contribution in [0.25, 0.3) is 0 Å². The summed E-state index contributed by atoms with van der Waals surface area (Å²) in [5, 5.41) is 3.34. The van der Waals surface area contributed by atoms with Crippen molar-refractivity contribution in [2.45, 2.75) is 26.3 Å². The molecule has 1 aromatic carbocycles. The van der Waals surface area contributed by atoms with Crippen molar-refractivity contribution in [3.63, 3.8) is 0 Å². The topological polar surface area (TPSA) is 12.0 Å². The van der Waals surface area contributed by atoms with Gasteiger partial charge >= 0.3 is 0 Å². The van der Waals surface area contributed by atoms with Gasteiger partial charge in [-0.3, -0.25) is 0 Å². The van der Waals surface area contributed by atoms with Crippen molar-refractivity contribution in [2.75, 3.05) is 12.4 Å². The van der Waals surface area contributed by atoms with E-state index in [-0.39, 0.29) is 5.82 Å². The molecule has 0 bridgehead atoms. The fraction of sp³-hybridized carbons (Fsp3) is 0.538. The first-order valence-electron chi connectivity index (χ1n) is 5.84. The Kier molecular flexibility index (Phi) is 7.09. The monoisotopic (exact) mass is 321 g/mol. The predicted molar refractivity (Wildman–Crippen MR) is 74.9 cm³/mol. The Morgan fingerprint density at radius 3 is 2.88 bits per heavy atom. The molecule has 0 fully saturated rings. The van der Waals surface area contributed by atoms with Crippen LogP contribution in [0.2, 0.25) is 0 Å². The Balaban J connectivity index is 2.20. The maximum Gasteiger partial charge on any atom is 0.137 e. The van der Waals surface area contributed by atoms with E-state index in [0.29, 0.717) is 10.4 Å². The molecule has 96 valence electrons. The average Bonchev–Trinajstić information content (AvgIpc) is 2.33. The van der Waals surface area contributed by atoms with Crippen LogP contribution in [0.5, 0.6) is 0 Å². The van der Waals surface area contributed by atoms with Crippen molar-refractivity contribution < 1.29 is 4.39 Å². The van der Waals surface area contributed by atoms with Crippen LogP contribution < -0.4 is 5.32 Å². The number of hydrogen-bond donors (Lipinski definition) is 1. The third kappa shape index (κ3) is 5.84. The number of halogens is 3.